The van der Waals surface area contributed by atoms with Crippen LogP contribution in [0.2, 0.25) is 5.02 Å². The first-order valence-electron chi connectivity index (χ1n) is 8.54. The van der Waals surface area contributed by atoms with E-state index in [1.165, 1.54) is 18.2 Å². The minimum Gasteiger partial charge on any atom is -0.339 e. The first-order chi connectivity index (χ1) is 12.2. The van der Waals surface area contributed by atoms with Gasteiger partial charge in [-0.1, -0.05) is 37.5 Å². The Morgan fingerprint density at radius 1 is 1.27 bits per heavy atom. The monoisotopic (exact) mass is 380 g/mol. The maximum Gasteiger partial charge on any atom is 0.256 e. The fourth-order valence-electron chi connectivity index (χ4n) is 2.76. The second kappa shape index (κ2) is 7.32. The van der Waals surface area contributed by atoms with Crippen molar-refractivity contribution in [3.05, 3.63) is 46.3 Å². The van der Waals surface area contributed by atoms with E-state index >= 15 is 0 Å². The Kier molecular flexibility index (Phi) is 5.29. The quantitative estimate of drug-likeness (QED) is 0.818. The van der Waals surface area contributed by atoms with Crippen molar-refractivity contribution in [2.45, 2.75) is 32.7 Å². The molecular weight excluding hydrogens is 359 g/mol. The Labute approximate surface area is 156 Å². The molecule has 0 spiro atoms. The molecule has 0 radical (unpaired) electrons. The average Bonchev–Trinajstić information content (AvgIpc) is 3.06. The molecule has 8 heteroatoms. The molecule has 0 bridgehead atoms. The molecule has 26 heavy (non-hydrogen) atoms. The predicted octanol–water partition coefficient (Wildman–Crippen LogP) is 3.12. The third-order valence-electron chi connectivity index (χ3n) is 4.29. The van der Waals surface area contributed by atoms with Crippen LogP contribution >= 0.6 is 11.6 Å². The van der Waals surface area contributed by atoms with E-state index in [2.05, 4.69) is 15.0 Å². The molecule has 1 aliphatic rings. The van der Waals surface area contributed by atoms with E-state index < -0.39 is 5.82 Å². The molecule has 0 N–H and O–H groups in total. The van der Waals surface area contributed by atoms with Crippen molar-refractivity contribution in [3.8, 4) is 0 Å². The Bertz CT molecular complexity index is 795. The normalized spacial score (nSPS) is 16.1. The average molecular weight is 381 g/mol. The van der Waals surface area contributed by atoms with Crippen LogP contribution in [0, 0.1) is 5.82 Å². The summed E-state index contributed by atoms with van der Waals surface area (Å²) in [5.74, 6) is 0.357. The summed E-state index contributed by atoms with van der Waals surface area (Å²) in [5, 5.41) is 4.37. The Hall–Kier alpha value is -1.99. The summed E-state index contributed by atoms with van der Waals surface area (Å²) < 4.78 is 19.2. The number of amides is 1. The second-order valence-electron chi connectivity index (χ2n) is 7.46. The Balaban J connectivity index is 1.58. The summed E-state index contributed by atoms with van der Waals surface area (Å²) in [6.45, 7) is 8.95. The van der Waals surface area contributed by atoms with Crippen molar-refractivity contribution in [3.63, 3.8) is 0 Å². The molecule has 0 atom stereocenters. The number of halogens is 2. The number of benzene rings is 1. The van der Waals surface area contributed by atoms with E-state index in [-0.39, 0.29) is 16.9 Å². The van der Waals surface area contributed by atoms with E-state index in [4.69, 9.17) is 16.1 Å². The molecule has 1 aromatic heterocycles. The highest BCUT2D eigenvalue weighted by molar-refractivity contribution is 6.31. The summed E-state index contributed by atoms with van der Waals surface area (Å²) in [6.07, 6.45) is 0. The van der Waals surface area contributed by atoms with Gasteiger partial charge in [-0.05, 0) is 18.2 Å². The summed E-state index contributed by atoms with van der Waals surface area (Å²) in [6, 6.07) is 4.02. The molecule has 2 heterocycles. The first-order valence-corrected chi connectivity index (χ1v) is 8.91. The van der Waals surface area contributed by atoms with E-state index in [9.17, 15) is 9.18 Å². The van der Waals surface area contributed by atoms with Crippen molar-refractivity contribution in [1.82, 2.24) is 19.9 Å². The molecular formula is C18H22ClFN4O2. The number of hydrogen-bond acceptors (Lipinski definition) is 5. The van der Waals surface area contributed by atoms with Gasteiger partial charge in [0.1, 0.15) is 5.82 Å². The Morgan fingerprint density at radius 3 is 2.58 bits per heavy atom. The summed E-state index contributed by atoms with van der Waals surface area (Å²) >= 11 is 5.88. The lowest BCUT2D eigenvalue weighted by atomic mass is 9.97. The minimum absolute atomic E-state index is 0.0129. The van der Waals surface area contributed by atoms with Gasteiger partial charge in [0.05, 0.1) is 12.1 Å². The molecule has 2 aromatic rings. The highest BCUT2D eigenvalue weighted by atomic mass is 35.5. The summed E-state index contributed by atoms with van der Waals surface area (Å²) in [7, 11) is 0. The topological polar surface area (TPSA) is 62.5 Å². The van der Waals surface area contributed by atoms with E-state index in [0.29, 0.717) is 49.5 Å². The SMILES string of the molecule is CC(C)(C)c1nc(CN2CCN(C(=O)c3cc(Cl)ccc3F)CC2)no1. The number of carbonyl (C=O) groups excluding carboxylic acids is 1. The molecule has 3 rings (SSSR count). The predicted molar refractivity (Wildman–Crippen MR) is 95.6 cm³/mol. The third kappa shape index (κ3) is 4.22. The van der Waals surface area contributed by atoms with Crippen LogP contribution in [0.4, 0.5) is 4.39 Å². The van der Waals surface area contributed by atoms with Crippen molar-refractivity contribution in [2.75, 3.05) is 26.2 Å². The number of carbonyl (C=O) groups is 1. The maximum absolute atomic E-state index is 13.9. The van der Waals surface area contributed by atoms with Crippen molar-refractivity contribution >= 4 is 17.5 Å². The fourth-order valence-corrected chi connectivity index (χ4v) is 2.94. The van der Waals surface area contributed by atoms with Gasteiger partial charge in [-0.25, -0.2) is 4.39 Å². The van der Waals surface area contributed by atoms with E-state index in [0.717, 1.165) is 0 Å². The van der Waals surface area contributed by atoms with Crippen molar-refractivity contribution in [1.29, 1.82) is 0 Å². The molecule has 1 aliphatic heterocycles. The number of hydrogen-bond donors (Lipinski definition) is 0. The molecule has 0 aliphatic carbocycles. The number of aromatic nitrogens is 2. The largest absolute Gasteiger partial charge is 0.339 e. The van der Waals surface area contributed by atoms with Crippen LogP contribution in [0.15, 0.2) is 22.7 Å². The molecule has 1 aromatic carbocycles. The third-order valence-corrected chi connectivity index (χ3v) is 4.53. The fraction of sp³-hybridized carbons (Fsp3) is 0.500. The molecule has 0 unspecified atom stereocenters. The van der Waals surface area contributed by atoms with Gasteiger partial charge < -0.3 is 9.42 Å². The lowest BCUT2D eigenvalue weighted by Crippen LogP contribution is -2.48. The zero-order valence-corrected chi connectivity index (χ0v) is 15.9. The van der Waals surface area contributed by atoms with Crippen LogP contribution in [0.3, 0.4) is 0 Å². The van der Waals surface area contributed by atoms with E-state index in [1.807, 2.05) is 20.8 Å². The van der Waals surface area contributed by atoms with Gasteiger partial charge in [0, 0.05) is 36.6 Å². The highest BCUT2D eigenvalue weighted by Crippen LogP contribution is 2.21. The lowest BCUT2D eigenvalue weighted by Gasteiger charge is -2.34. The minimum atomic E-state index is -0.552. The van der Waals surface area contributed by atoms with Gasteiger partial charge in [0.2, 0.25) is 5.89 Å². The molecule has 0 saturated carbocycles. The van der Waals surface area contributed by atoms with Crippen molar-refractivity contribution in [2.24, 2.45) is 0 Å². The highest BCUT2D eigenvalue weighted by Gasteiger charge is 2.26. The zero-order chi connectivity index (χ0) is 18.9. The number of piperazine rings is 1. The van der Waals surface area contributed by atoms with E-state index in [1.54, 1.807) is 4.90 Å². The molecule has 1 saturated heterocycles. The second-order valence-corrected chi connectivity index (χ2v) is 7.89. The zero-order valence-electron chi connectivity index (χ0n) is 15.1. The lowest BCUT2D eigenvalue weighted by molar-refractivity contribution is 0.0620. The van der Waals surface area contributed by atoms with Crippen LogP contribution in [-0.4, -0.2) is 52.0 Å². The van der Waals surface area contributed by atoms with Gasteiger partial charge in [0.25, 0.3) is 5.91 Å². The first kappa shape index (κ1) is 18.8. The van der Waals surface area contributed by atoms with Gasteiger partial charge in [-0.2, -0.15) is 4.98 Å². The number of nitrogens with zero attached hydrogens (tertiary/aromatic N) is 4. The van der Waals surface area contributed by atoms with Gasteiger partial charge >= 0.3 is 0 Å². The van der Waals surface area contributed by atoms with Crippen LogP contribution < -0.4 is 0 Å². The molecule has 6 nitrogen and oxygen atoms in total. The smallest absolute Gasteiger partial charge is 0.256 e. The van der Waals surface area contributed by atoms with Gasteiger partial charge in [0.15, 0.2) is 5.82 Å². The molecule has 1 amide bonds. The molecule has 140 valence electrons. The van der Waals surface area contributed by atoms with Crippen LogP contribution in [0.1, 0.15) is 42.8 Å². The van der Waals surface area contributed by atoms with Gasteiger partial charge in [-0.15, -0.1) is 0 Å². The number of rotatable bonds is 3. The van der Waals surface area contributed by atoms with Crippen molar-refractivity contribution < 1.29 is 13.7 Å². The maximum atomic E-state index is 13.9. The van der Waals surface area contributed by atoms with Crippen LogP contribution in [0.5, 0.6) is 0 Å². The van der Waals surface area contributed by atoms with Crippen LogP contribution in [0.25, 0.3) is 0 Å². The molecule has 1 fully saturated rings. The summed E-state index contributed by atoms with van der Waals surface area (Å²) in [4.78, 5) is 20.7. The summed E-state index contributed by atoms with van der Waals surface area (Å²) in [5.41, 5.74) is -0.170. The van der Waals surface area contributed by atoms with Crippen LogP contribution in [-0.2, 0) is 12.0 Å². The standard InChI is InChI=1S/C18H22ClFN4O2/c1-18(2,3)17-21-15(22-26-17)11-23-6-8-24(9-7-23)16(25)13-10-12(19)4-5-14(13)20/h4-5,10H,6-9,11H2,1-3H3. The Morgan fingerprint density at radius 2 is 1.96 bits per heavy atom. The van der Waals surface area contributed by atoms with Gasteiger partial charge in [-0.3, -0.25) is 9.69 Å².